The van der Waals surface area contributed by atoms with Gasteiger partial charge in [0.15, 0.2) is 0 Å². The minimum Gasteiger partial charge on any atom is -0.465 e. The molecule has 0 fully saturated rings. The lowest BCUT2D eigenvalue weighted by Gasteiger charge is -2.21. The molecule has 1 amide bonds. The van der Waals surface area contributed by atoms with Crippen LogP contribution in [0.3, 0.4) is 0 Å². The summed E-state index contributed by atoms with van der Waals surface area (Å²) in [7, 11) is 3.50. The Morgan fingerprint density at radius 3 is 2.47 bits per heavy atom. The van der Waals surface area contributed by atoms with Crippen LogP contribution in [0.1, 0.15) is 33.1 Å². The standard InChI is InChI=1S/C13H26N2O3S/c1-5-18-12(17)13(2,14)8-6-7-9-19-10-11(16)15(3)4/h5-10,14H2,1-4H3. The predicted molar refractivity (Wildman–Crippen MR) is 79.1 cm³/mol. The topological polar surface area (TPSA) is 72.6 Å². The summed E-state index contributed by atoms with van der Waals surface area (Å²) in [5.41, 5.74) is 5.00. The van der Waals surface area contributed by atoms with Crippen LogP contribution in [0.15, 0.2) is 0 Å². The number of nitrogens with two attached hydrogens (primary N) is 1. The number of hydrogen-bond donors (Lipinski definition) is 1. The van der Waals surface area contributed by atoms with Crippen LogP contribution in [-0.4, -0.2) is 54.5 Å². The number of carbonyl (C=O) groups is 2. The molecule has 0 bridgehead atoms. The van der Waals surface area contributed by atoms with Gasteiger partial charge in [0, 0.05) is 14.1 Å². The number of esters is 1. The van der Waals surface area contributed by atoms with Gasteiger partial charge in [-0.25, -0.2) is 0 Å². The van der Waals surface area contributed by atoms with Gasteiger partial charge in [-0.2, -0.15) is 11.8 Å². The molecule has 0 aliphatic carbocycles. The van der Waals surface area contributed by atoms with Crippen LogP contribution in [0.25, 0.3) is 0 Å². The Labute approximate surface area is 120 Å². The van der Waals surface area contributed by atoms with E-state index in [9.17, 15) is 9.59 Å². The first kappa shape index (κ1) is 18.2. The first-order valence-corrected chi connectivity index (χ1v) is 7.70. The molecule has 6 heteroatoms. The smallest absolute Gasteiger partial charge is 0.325 e. The van der Waals surface area contributed by atoms with Crippen LogP contribution < -0.4 is 5.73 Å². The van der Waals surface area contributed by atoms with Crippen molar-refractivity contribution in [1.82, 2.24) is 4.90 Å². The van der Waals surface area contributed by atoms with Crippen LogP contribution in [0.5, 0.6) is 0 Å². The lowest BCUT2D eigenvalue weighted by molar-refractivity contribution is -0.149. The summed E-state index contributed by atoms with van der Waals surface area (Å²) >= 11 is 1.61. The Balaban J connectivity index is 3.69. The Hall–Kier alpha value is -0.750. The molecule has 0 aromatic heterocycles. The molecule has 0 saturated heterocycles. The first-order valence-electron chi connectivity index (χ1n) is 6.55. The fraction of sp³-hybridized carbons (Fsp3) is 0.846. The Kier molecular flexibility index (Phi) is 8.84. The number of hydrogen-bond acceptors (Lipinski definition) is 5. The highest BCUT2D eigenvalue weighted by molar-refractivity contribution is 7.99. The number of amides is 1. The summed E-state index contributed by atoms with van der Waals surface area (Å²) in [6.45, 7) is 3.83. The molecule has 0 rings (SSSR count). The van der Waals surface area contributed by atoms with E-state index in [4.69, 9.17) is 10.5 Å². The van der Waals surface area contributed by atoms with Crippen molar-refractivity contribution in [2.75, 3.05) is 32.2 Å². The molecular weight excluding hydrogens is 264 g/mol. The van der Waals surface area contributed by atoms with Gasteiger partial charge in [0.05, 0.1) is 12.4 Å². The van der Waals surface area contributed by atoms with Crippen molar-refractivity contribution in [3.05, 3.63) is 0 Å². The number of rotatable bonds is 9. The fourth-order valence-corrected chi connectivity index (χ4v) is 2.37. The summed E-state index contributed by atoms with van der Waals surface area (Å²) in [4.78, 5) is 24.5. The second-order valence-corrected chi connectivity index (χ2v) is 6.04. The summed E-state index contributed by atoms with van der Waals surface area (Å²) in [5, 5.41) is 0. The van der Waals surface area contributed by atoms with Gasteiger partial charge in [0.2, 0.25) is 5.91 Å². The van der Waals surface area contributed by atoms with Crippen molar-refractivity contribution >= 4 is 23.6 Å². The minimum atomic E-state index is -0.903. The van der Waals surface area contributed by atoms with Gasteiger partial charge in [-0.3, -0.25) is 9.59 Å². The van der Waals surface area contributed by atoms with Crippen molar-refractivity contribution in [2.24, 2.45) is 5.73 Å². The highest BCUT2D eigenvalue weighted by atomic mass is 32.2. The quantitative estimate of drug-likeness (QED) is 0.511. The van der Waals surface area contributed by atoms with E-state index in [2.05, 4.69) is 0 Å². The Bertz CT molecular complexity index is 294. The maximum absolute atomic E-state index is 11.5. The average molecular weight is 290 g/mol. The maximum Gasteiger partial charge on any atom is 0.325 e. The molecule has 0 aliphatic heterocycles. The summed E-state index contributed by atoms with van der Waals surface area (Å²) in [6, 6.07) is 0. The number of carbonyl (C=O) groups excluding carboxylic acids is 2. The van der Waals surface area contributed by atoms with Crippen molar-refractivity contribution < 1.29 is 14.3 Å². The number of thioether (sulfide) groups is 1. The molecule has 2 N–H and O–H groups in total. The molecule has 1 unspecified atom stereocenters. The number of unbranched alkanes of at least 4 members (excludes halogenated alkanes) is 1. The number of nitrogens with zero attached hydrogens (tertiary/aromatic N) is 1. The van der Waals surface area contributed by atoms with Crippen LogP contribution in [0, 0.1) is 0 Å². The van der Waals surface area contributed by atoms with E-state index < -0.39 is 5.54 Å². The molecule has 0 aromatic rings. The second-order valence-electron chi connectivity index (χ2n) is 4.94. The minimum absolute atomic E-state index is 0.125. The molecule has 0 spiro atoms. The van der Waals surface area contributed by atoms with Gasteiger partial charge in [0.25, 0.3) is 0 Å². The molecule has 0 aromatic carbocycles. The lowest BCUT2D eigenvalue weighted by Crippen LogP contribution is -2.46. The molecule has 19 heavy (non-hydrogen) atoms. The largest absolute Gasteiger partial charge is 0.465 e. The zero-order valence-electron chi connectivity index (χ0n) is 12.4. The van der Waals surface area contributed by atoms with Crippen molar-refractivity contribution in [3.8, 4) is 0 Å². The van der Waals surface area contributed by atoms with E-state index in [0.717, 1.165) is 18.6 Å². The molecular formula is C13H26N2O3S. The normalized spacial score (nSPS) is 13.7. The monoisotopic (exact) mass is 290 g/mol. The Morgan fingerprint density at radius 2 is 1.95 bits per heavy atom. The van der Waals surface area contributed by atoms with Crippen LogP contribution >= 0.6 is 11.8 Å². The van der Waals surface area contributed by atoms with Gasteiger partial charge in [0.1, 0.15) is 5.54 Å². The van der Waals surface area contributed by atoms with Crippen LogP contribution in [0.2, 0.25) is 0 Å². The second kappa shape index (κ2) is 9.20. The van der Waals surface area contributed by atoms with Gasteiger partial charge in [-0.15, -0.1) is 0 Å². The van der Waals surface area contributed by atoms with Crippen LogP contribution in [0.4, 0.5) is 0 Å². The third-order valence-corrected chi connectivity index (χ3v) is 3.73. The van der Waals surface area contributed by atoms with Gasteiger partial charge in [-0.1, -0.05) is 6.42 Å². The zero-order valence-corrected chi connectivity index (χ0v) is 13.2. The highest BCUT2D eigenvalue weighted by Crippen LogP contribution is 2.15. The Morgan fingerprint density at radius 1 is 1.32 bits per heavy atom. The zero-order chi connectivity index (χ0) is 14.9. The van der Waals surface area contributed by atoms with E-state index in [0.29, 0.717) is 18.8 Å². The average Bonchev–Trinajstić information content (AvgIpc) is 2.33. The van der Waals surface area contributed by atoms with Gasteiger partial charge < -0.3 is 15.4 Å². The molecule has 112 valence electrons. The van der Waals surface area contributed by atoms with Crippen LogP contribution in [-0.2, 0) is 14.3 Å². The van der Waals surface area contributed by atoms with E-state index in [1.54, 1.807) is 44.6 Å². The third-order valence-electron chi connectivity index (χ3n) is 2.70. The molecule has 0 radical (unpaired) electrons. The first-order chi connectivity index (χ1) is 8.81. The van der Waals surface area contributed by atoms with E-state index in [1.165, 1.54) is 0 Å². The van der Waals surface area contributed by atoms with Crippen molar-refractivity contribution in [2.45, 2.75) is 38.6 Å². The molecule has 0 aliphatic rings. The van der Waals surface area contributed by atoms with E-state index >= 15 is 0 Å². The van der Waals surface area contributed by atoms with E-state index in [-0.39, 0.29) is 11.9 Å². The molecule has 0 heterocycles. The molecule has 1 atom stereocenters. The summed E-state index contributed by atoms with van der Waals surface area (Å²) in [6.07, 6.45) is 2.40. The van der Waals surface area contributed by atoms with Gasteiger partial charge >= 0.3 is 5.97 Å². The molecule has 0 saturated carbocycles. The predicted octanol–water partition coefficient (Wildman–Crippen LogP) is 1.26. The third kappa shape index (κ3) is 8.10. The van der Waals surface area contributed by atoms with Gasteiger partial charge in [-0.05, 0) is 32.4 Å². The highest BCUT2D eigenvalue weighted by Gasteiger charge is 2.28. The molecule has 5 nitrogen and oxygen atoms in total. The SMILES string of the molecule is CCOC(=O)C(C)(N)CCCCSCC(=O)N(C)C. The fourth-order valence-electron chi connectivity index (χ4n) is 1.38. The number of ether oxygens (including phenoxy) is 1. The maximum atomic E-state index is 11.5. The summed E-state index contributed by atoms with van der Waals surface area (Å²) < 4.78 is 4.92. The van der Waals surface area contributed by atoms with E-state index in [1.807, 2.05) is 0 Å². The van der Waals surface area contributed by atoms with Crippen molar-refractivity contribution in [3.63, 3.8) is 0 Å². The van der Waals surface area contributed by atoms with Crippen molar-refractivity contribution in [1.29, 1.82) is 0 Å². The lowest BCUT2D eigenvalue weighted by atomic mass is 9.96. The summed E-state index contributed by atoms with van der Waals surface area (Å²) in [5.74, 6) is 1.19.